The fraction of sp³-hybridized carbons (Fsp3) is 0.625. The number of fused-ring (bicyclic) bond motifs is 3. The Morgan fingerprint density at radius 2 is 1.81 bits per heavy atom. The first-order valence-corrected chi connectivity index (χ1v) is 21.2. The molecule has 2 aliphatic carbocycles. The molecule has 15 nitrogen and oxygen atoms in total. The Morgan fingerprint density at radius 3 is 2.47 bits per heavy atom. The number of alkyl halides is 3. The van der Waals surface area contributed by atoms with Gasteiger partial charge in [0.2, 0.25) is 27.7 Å². The SMILES string of the molecule is COc1ccc2c(O[C@@H]3C[C@H]4C(=O)N[C@]5(C(=O)NS(=O)(=O)C6(C)CC6)C[C@H]5/C=C\CCCCC[C@H](NC(=O)OC(C)(C)C)C(=O)N4C3)cc(OCC(F)(F)F)nc2c1C. The van der Waals surface area contributed by atoms with Gasteiger partial charge in [-0.15, -0.1) is 0 Å². The molecule has 0 unspecified atom stereocenters. The van der Waals surface area contributed by atoms with E-state index in [0.29, 0.717) is 48.8 Å². The highest BCUT2D eigenvalue weighted by Crippen LogP contribution is 2.48. The predicted molar refractivity (Wildman–Crippen MR) is 208 cm³/mol. The summed E-state index contributed by atoms with van der Waals surface area (Å²) in [6, 6.07) is 2.03. The fourth-order valence-corrected chi connectivity index (χ4v) is 8.79. The molecule has 0 spiro atoms. The van der Waals surface area contributed by atoms with E-state index < -0.39 is 86.6 Å². The van der Waals surface area contributed by atoms with Gasteiger partial charge in [0, 0.05) is 29.4 Å². The second-order valence-electron chi connectivity index (χ2n) is 17.1. The standard InChI is InChI=1S/C40H52F3N5O10S/c1-23-29(55-6)15-14-26-30(19-31(45-32(23)26)56-22-40(41,42)43)57-25-18-28-33(49)46-39(35(51)47-59(53,54)38(5)16-17-38)20-24(39)12-10-8-7-9-11-13-27(34(50)48(28)21-25)44-36(52)58-37(2,3)4/h10,12,14-15,19,24-25,27-28H,7-9,11,13,16-18,20-22H2,1-6H3,(H,44,52)(H,46,49)(H,47,51)/b12-10-/t24-,25-,27+,28+,39-/m1/s1. The summed E-state index contributed by atoms with van der Waals surface area (Å²) in [5.41, 5.74) is -1.78. The van der Waals surface area contributed by atoms with Gasteiger partial charge in [0.15, 0.2) is 6.61 Å². The second kappa shape index (κ2) is 16.3. The van der Waals surface area contributed by atoms with Crippen molar-refractivity contribution in [3.05, 3.63) is 35.9 Å². The van der Waals surface area contributed by atoms with Crippen LogP contribution in [0.15, 0.2) is 30.4 Å². The Morgan fingerprint density at radius 1 is 1.08 bits per heavy atom. The molecule has 3 fully saturated rings. The quantitative estimate of drug-likeness (QED) is 0.284. The highest BCUT2D eigenvalue weighted by molar-refractivity contribution is 7.91. The zero-order chi connectivity index (χ0) is 43.1. The van der Waals surface area contributed by atoms with Crippen LogP contribution in [0.25, 0.3) is 10.9 Å². The molecule has 4 aliphatic rings. The van der Waals surface area contributed by atoms with Crippen molar-refractivity contribution >= 4 is 44.7 Å². The Kier molecular flexibility index (Phi) is 12.1. The number of amides is 4. The molecule has 4 amide bonds. The molecular weight excluding hydrogens is 800 g/mol. The molecule has 1 aromatic carbocycles. The highest BCUT2D eigenvalue weighted by atomic mass is 32.2. The lowest BCUT2D eigenvalue weighted by Crippen LogP contribution is -2.58. The van der Waals surface area contributed by atoms with E-state index in [4.69, 9.17) is 18.9 Å². The van der Waals surface area contributed by atoms with Crippen LogP contribution in [0.5, 0.6) is 17.4 Å². The number of carbonyl (C=O) groups is 4. The maximum atomic E-state index is 14.6. The summed E-state index contributed by atoms with van der Waals surface area (Å²) >= 11 is 0. The summed E-state index contributed by atoms with van der Waals surface area (Å²) in [5.74, 6) is -2.72. The third-order valence-corrected chi connectivity index (χ3v) is 13.3. The number of rotatable bonds is 9. The molecule has 6 rings (SSSR count). The number of hydrogen-bond donors (Lipinski definition) is 3. The number of nitrogens with one attached hydrogen (secondary N) is 3. The van der Waals surface area contributed by atoms with E-state index in [2.05, 4.69) is 20.3 Å². The van der Waals surface area contributed by atoms with Crippen LogP contribution in [0.4, 0.5) is 18.0 Å². The lowest BCUT2D eigenvalue weighted by molar-refractivity contribution is -0.154. The van der Waals surface area contributed by atoms with Gasteiger partial charge in [-0.1, -0.05) is 25.0 Å². The molecule has 1 saturated heterocycles. The van der Waals surface area contributed by atoms with E-state index in [1.54, 1.807) is 52.8 Å². The molecular formula is C40H52F3N5O10S. The number of sulfonamides is 1. The first kappa shape index (κ1) is 43.8. The van der Waals surface area contributed by atoms with Crippen LogP contribution >= 0.6 is 0 Å². The number of halogens is 3. The van der Waals surface area contributed by atoms with E-state index in [1.165, 1.54) is 18.1 Å². The van der Waals surface area contributed by atoms with Gasteiger partial charge in [-0.05, 0) is 85.3 Å². The van der Waals surface area contributed by atoms with E-state index in [-0.39, 0.29) is 43.0 Å². The maximum Gasteiger partial charge on any atom is 0.422 e. The summed E-state index contributed by atoms with van der Waals surface area (Å²) in [6.45, 7) is 6.40. The molecule has 324 valence electrons. The number of pyridine rings is 1. The number of benzene rings is 1. The van der Waals surface area contributed by atoms with Crippen LogP contribution in [-0.4, -0.2) is 103 Å². The van der Waals surface area contributed by atoms with Gasteiger partial charge >= 0.3 is 12.3 Å². The van der Waals surface area contributed by atoms with Crippen LogP contribution in [0.2, 0.25) is 0 Å². The minimum atomic E-state index is -4.67. The van der Waals surface area contributed by atoms with Crippen molar-refractivity contribution < 1.29 is 59.7 Å². The molecule has 0 bridgehead atoms. The van der Waals surface area contributed by atoms with Crippen molar-refractivity contribution in [3.63, 3.8) is 0 Å². The Hall–Kier alpha value is -4.81. The lowest BCUT2D eigenvalue weighted by atomic mass is 10.0. The fourth-order valence-electron chi connectivity index (χ4n) is 7.48. The number of carbonyl (C=O) groups excluding carboxylic acids is 4. The highest BCUT2D eigenvalue weighted by Gasteiger charge is 2.63. The summed E-state index contributed by atoms with van der Waals surface area (Å²) < 4.78 is 89.5. The minimum absolute atomic E-state index is 0.0592. The zero-order valence-electron chi connectivity index (χ0n) is 34.0. The number of allylic oxidation sites excluding steroid dienone is 1. The Balaban J connectivity index is 1.35. The van der Waals surface area contributed by atoms with E-state index in [0.717, 1.165) is 6.42 Å². The largest absolute Gasteiger partial charge is 0.496 e. The number of methoxy groups -OCH3 is 1. The summed E-state index contributed by atoms with van der Waals surface area (Å²) in [4.78, 5) is 61.6. The van der Waals surface area contributed by atoms with Crippen LogP contribution in [0.1, 0.15) is 91.0 Å². The van der Waals surface area contributed by atoms with Crippen molar-refractivity contribution in [2.75, 3.05) is 20.3 Å². The third kappa shape index (κ3) is 9.98. The number of alkyl carbamates (subject to hydrolysis) is 1. The smallest absolute Gasteiger partial charge is 0.422 e. The van der Waals surface area contributed by atoms with Crippen molar-refractivity contribution in [3.8, 4) is 17.4 Å². The van der Waals surface area contributed by atoms with Gasteiger partial charge in [-0.25, -0.2) is 18.2 Å². The molecule has 3 N–H and O–H groups in total. The van der Waals surface area contributed by atoms with E-state index in [1.807, 2.05) is 6.08 Å². The molecule has 3 heterocycles. The summed E-state index contributed by atoms with van der Waals surface area (Å²) in [7, 11) is -2.64. The molecule has 0 radical (unpaired) electrons. The molecule has 1 aromatic heterocycles. The second-order valence-corrected chi connectivity index (χ2v) is 19.3. The van der Waals surface area contributed by atoms with Crippen LogP contribution in [0.3, 0.4) is 0 Å². The van der Waals surface area contributed by atoms with Crippen molar-refractivity contribution in [2.24, 2.45) is 5.92 Å². The Labute approximate surface area is 341 Å². The van der Waals surface area contributed by atoms with Crippen LogP contribution < -0.4 is 29.6 Å². The van der Waals surface area contributed by atoms with E-state index >= 15 is 0 Å². The van der Waals surface area contributed by atoms with Gasteiger partial charge in [0.1, 0.15) is 40.8 Å². The molecule has 5 atom stereocenters. The molecule has 2 saturated carbocycles. The van der Waals surface area contributed by atoms with Crippen LogP contribution in [0, 0.1) is 12.8 Å². The number of ether oxygens (including phenoxy) is 4. The molecule has 2 aliphatic heterocycles. The van der Waals surface area contributed by atoms with Crippen molar-refractivity contribution in [1.82, 2.24) is 25.2 Å². The third-order valence-electron chi connectivity index (χ3n) is 11.2. The minimum Gasteiger partial charge on any atom is -0.496 e. The number of aryl methyl sites for hydroxylation is 1. The van der Waals surface area contributed by atoms with Crippen molar-refractivity contribution in [2.45, 2.75) is 133 Å². The Bertz CT molecular complexity index is 2120. The van der Waals surface area contributed by atoms with Gasteiger partial charge in [-0.3, -0.25) is 19.1 Å². The number of hydrogen-bond acceptors (Lipinski definition) is 11. The average Bonchev–Trinajstić information content (AvgIpc) is 4.02. The first-order chi connectivity index (χ1) is 27.5. The average molecular weight is 852 g/mol. The topological polar surface area (TPSA) is 192 Å². The van der Waals surface area contributed by atoms with Gasteiger partial charge in [0.05, 0.1) is 23.9 Å². The van der Waals surface area contributed by atoms with Crippen LogP contribution in [-0.2, 0) is 29.1 Å². The molecule has 19 heteroatoms. The normalized spacial score (nSPS) is 26.6. The monoisotopic (exact) mass is 851 g/mol. The lowest BCUT2D eigenvalue weighted by Gasteiger charge is -2.30. The first-order valence-electron chi connectivity index (χ1n) is 19.7. The summed E-state index contributed by atoms with van der Waals surface area (Å²) in [6.07, 6.45) is 0.726. The van der Waals surface area contributed by atoms with Gasteiger partial charge < -0.3 is 34.5 Å². The van der Waals surface area contributed by atoms with E-state index in [9.17, 15) is 40.8 Å². The number of aromatic nitrogens is 1. The maximum absolute atomic E-state index is 14.6. The molecule has 2 aromatic rings. The number of nitrogens with zero attached hydrogens (tertiary/aromatic N) is 2. The predicted octanol–water partition coefficient (Wildman–Crippen LogP) is 5.13. The molecule has 59 heavy (non-hydrogen) atoms. The van der Waals surface area contributed by atoms with Gasteiger partial charge in [-0.2, -0.15) is 13.2 Å². The van der Waals surface area contributed by atoms with Gasteiger partial charge in [0.25, 0.3) is 5.91 Å². The van der Waals surface area contributed by atoms with Crippen molar-refractivity contribution in [1.29, 1.82) is 0 Å². The zero-order valence-corrected chi connectivity index (χ0v) is 34.8. The summed E-state index contributed by atoms with van der Waals surface area (Å²) in [5, 5.41) is 5.87.